The average Bonchev–Trinajstić information content (AvgIpc) is 2.98. The summed E-state index contributed by atoms with van der Waals surface area (Å²) in [6.07, 6.45) is 9.08. The molecule has 0 aliphatic heterocycles. The Morgan fingerprint density at radius 3 is 3.00 bits per heavy atom. The summed E-state index contributed by atoms with van der Waals surface area (Å²) < 4.78 is 2.22. The maximum absolute atomic E-state index is 4.47. The van der Waals surface area contributed by atoms with E-state index in [2.05, 4.69) is 63.9 Å². The van der Waals surface area contributed by atoms with Crippen LogP contribution in [0.2, 0.25) is 0 Å². The molecule has 2 atom stereocenters. The molecule has 0 aromatic carbocycles. The number of hydrogen-bond donors (Lipinski definition) is 2. The summed E-state index contributed by atoms with van der Waals surface area (Å²) in [5, 5.41) is 7.83. The van der Waals surface area contributed by atoms with Gasteiger partial charge in [-0.05, 0) is 30.9 Å². The van der Waals surface area contributed by atoms with E-state index in [0.717, 1.165) is 23.6 Å². The highest BCUT2D eigenvalue weighted by Crippen LogP contribution is 2.28. The average molecular weight is 352 g/mol. The van der Waals surface area contributed by atoms with Crippen molar-refractivity contribution < 1.29 is 0 Å². The monoisotopic (exact) mass is 351 g/mol. The maximum atomic E-state index is 4.47. The number of nitrogens with one attached hydrogen (secondary N) is 2. The molecule has 6 heteroatoms. The first-order valence-corrected chi connectivity index (χ1v) is 10.3. The lowest BCUT2D eigenvalue weighted by atomic mass is 9.95. The zero-order valence-corrected chi connectivity index (χ0v) is 16.4. The number of imidazole rings is 1. The summed E-state index contributed by atoms with van der Waals surface area (Å²) in [4.78, 5) is 8.87. The van der Waals surface area contributed by atoms with Crippen molar-refractivity contribution in [2.45, 2.75) is 70.8 Å². The van der Waals surface area contributed by atoms with Gasteiger partial charge < -0.3 is 15.2 Å². The van der Waals surface area contributed by atoms with E-state index >= 15 is 0 Å². The Bertz CT molecular complexity index is 509. The van der Waals surface area contributed by atoms with Gasteiger partial charge in [0.15, 0.2) is 5.96 Å². The van der Waals surface area contributed by atoms with Gasteiger partial charge in [-0.15, -0.1) is 0 Å². The predicted molar refractivity (Wildman–Crippen MR) is 105 cm³/mol. The third-order valence-electron chi connectivity index (χ3n) is 4.37. The molecule has 0 saturated heterocycles. The summed E-state index contributed by atoms with van der Waals surface area (Å²) in [5.41, 5.74) is 0. The van der Waals surface area contributed by atoms with E-state index in [1.54, 1.807) is 0 Å². The molecule has 2 N–H and O–H groups in total. The molecule has 0 amide bonds. The fourth-order valence-electron chi connectivity index (χ4n) is 3.28. The number of aromatic nitrogens is 2. The Morgan fingerprint density at radius 2 is 2.29 bits per heavy atom. The molecule has 0 bridgehead atoms. The zero-order chi connectivity index (χ0) is 17.4. The first-order chi connectivity index (χ1) is 11.6. The van der Waals surface area contributed by atoms with E-state index in [1.165, 1.54) is 31.4 Å². The summed E-state index contributed by atoms with van der Waals surface area (Å²) in [6.45, 7) is 8.42. The standard InChI is InChI=1S/C18H33N5S/c1-5-24-16-8-6-7-15(11-16)22-18(19-4)21-12-17-20-9-10-23(17)13-14(2)3/h9-10,14-16H,5-8,11-13H2,1-4H3,(H2,19,21,22). The molecule has 1 heterocycles. The Balaban J connectivity index is 1.83. The summed E-state index contributed by atoms with van der Waals surface area (Å²) in [5.74, 6) is 3.78. The van der Waals surface area contributed by atoms with Crippen LogP contribution in [0.15, 0.2) is 17.4 Å². The topological polar surface area (TPSA) is 54.2 Å². The van der Waals surface area contributed by atoms with Crippen molar-refractivity contribution in [2.75, 3.05) is 12.8 Å². The van der Waals surface area contributed by atoms with E-state index in [-0.39, 0.29) is 0 Å². The van der Waals surface area contributed by atoms with Crippen molar-refractivity contribution in [3.8, 4) is 0 Å². The lowest BCUT2D eigenvalue weighted by Crippen LogP contribution is -2.45. The maximum Gasteiger partial charge on any atom is 0.191 e. The number of nitrogens with zero attached hydrogens (tertiary/aromatic N) is 3. The Morgan fingerprint density at radius 1 is 1.46 bits per heavy atom. The second kappa shape index (κ2) is 9.97. The second-order valence-corrected chi connectivity index (χ2v) is 8.48. The molecule has 24 heavy (non-hydrogen) atoms. The van der Waals surface area contributed by atoms with Gasteiger partial charge in [0, 0.05) is 37.3 Å². The minimum atomic E-state index is 0.532. The van der Waals surface area contributed by atoms with Crippen LogP contribution in [0.25, 0.3) is 0 Å². The number of thioether (sulfide) groups is 1. The first kappa shape index (κ1) is 19.2. The SMILES string of the molecule is CCSC1CCCC(NC(=NC)NCc2nccn2CC(C)C)C1. The van der Waals surface area contributed by atoms with Crippen LogP contribution in [0.4, 0.5) is 0 Å². The van der Waals surface area contributed by atoms with Gasteiger partial charge in [0.05, 0.1) is 6.54 Å². The summed E-state index contributed by atoms with van der Waals surface area (Å²) in [6, 6.07) is 0.532. The van der Waals surface area contributed by atoms with Crippen LogP contribution >= 0.6 is 11.8 Å². The zero-order valence-electron chi connectivity index (χ0n) is 15.6. The molecule has 1 aliphatic rings. The van der Waals surface area contributed by atoms with Crippen molar-refractivity contribution in [3.63, 3.8) is 0 Å². The van der Waals surface area contributed by atoms with Crippen LogP contribution < -0.4 is 10.6 Å². The van der Waals surface area contributed by atoms with Crippen LogP contribution in [-0.4, -0.2) is 39.6 Å². The van der Waals surface area contributed by atoms with Crippen molar-refractivity contribution in [1.29, 1.82) is 0 Å². The molecule has 1 aromatic rings. The molecular weight excluding hydrogens is 318 g/mol. The van der Waals surface area contributed by atoms with Crippen molar-refractivity contribution >= 4 is 17.7 Å². The molecule has 1 fully saturated rings. The Labute approximate surface area is 151 Å². The fraction of sp³-hybridized carbons (Fsp3) is 0.778. The lowest BCUT2D eigenvalue weighted by molar-refractivity contribution is 0.418. The van der Waals surface area contributed by atoms with E-state index in [0.29, 0.717) is 18.5 Å². The second-order valence-electron chi connectivity index (χ2n) is 6.90. The highest BCUT2D eigenvalue weighted by atomic mass is 32.2. The number of hydrogen-bond acceptors (Lipinski definition) is 3. The third kappa shape index (κ3) is 6.04. The summed E-state index contributed by atoms with van der Waals surface area (Å²) in [7, 11) is 1.84. The van der Waals surface area contributed by atoms with E-state index in [9.17, 15) is 0 Å². The number of aliphatic imine (C=N–C) groups is 1. The van der Waals surface area contributed by atoms with Gasteiger partial charge in [0.1, 0.15) is 5.82 Å². The van der Waals surface area contributed by atoms with E-state index in [4.69, 9.17) is 0 Å². The van der Waals surface area contributed by atoms with Gasteiger partial charge in [-0.25, -0.2) is 4.98 Å². The molecular formula is C18H33N5S. The molecule has 0 spiro atoms. The minimum absolute atomic E-state index is 0.532. The van der Waals surface area contributed by atoms with Gasteiger partial charge in [0.2, 0.25) is 0 Å². The molecule has 1 aromatic heterocycles. The smallest absolute Gasteiger partial charge is 0.191 e. The molecule has 2 unspecified atom stereocenters. The quantitative estimate of drug-likeness (QED) is 0.585. The third-order valence-corrected chi connectivity index (χ3v) is 5.60. The Kier molecular flexibility index (Phi) is 7.95. The van der Waals surface area contributed by atoms with E-state index < -0.39 is 0 Å². The number of rotatable bonds is 7. The van der Waals surface area contributed by atoms with Crippen molar-refractivity contribution in [2.24, 2.45) is 10.9 Å². The van der Waals surface area contributed by atoms with Crippen molar-refractivity contribution in [1.82, 2.24) is 20.2 Å². The first-order valence-electron chi connectivity index (χ1n) is 9.21. The molecule has 136 valence electrons. The highest BCUT2D eigenvalue weighted by Gasteiger charge is 2.22. The number of guanidine groups is 1. The lowest BCUT2D eigenvalue weighted by Gasteiger charge is -2.30. The summed E-state index contributed by atoms with van der Waals surface area (Å²) >= 11 is 2.10. The van der Waals surface area contributed by atoms with Crippen LogP contribution in [0.1, 0.15) is 52.3 Å². The normalized spacial score (nSPS) is 22.0. The van der Waals surface area contributed by atoms with Gasteiger partial charge in [0.25, 0.3) is 0 Å². The van der Waals surface area contributed by atoms with Gasteiger partial charge in [-0.1, -0.05) is 27.2 Å². The van der Waals surface area contributed by atoms with Gasteiger partial charge >= 0.3 is 0 Å². The largest absolute Gasteiger partial charge is 0.354 e. The Hall–Kier alpha value is -1.17. The van der Waals surface area contributed by atoms with Gasteiger partial charge in [-0.2, -0.15) is 11.8 Å². The van der Waals surface area contributed by atoms with Crippen LogP contribution in [0.3, 0.4) is 0 Å². The molecule has 5 nitrogen and oxygen atoms in total. The molecule has 2 rings (SSSR count). The van der Waals surface area contributed by atoms with Crippen LogP contribution in [-0.2, 0) is 13.1 Å². The van der Waals surface area contributed by atoms with Crippen molar-refractivity contribution in [3.05, 3.63) is 18.2 Å². The van der Waals surface area contributed by atoms with Crippen LogP contribution in [0, 0.1) is 5.92 Å². The molecule has 1 aliphatic carbocycles. The van der Waals surface area contributed by atoms with E-state index in [1.807, 2.05) is 13.2 Å². The van der Waals surface area contributed by atoms with Crippen LogP contribution in [0.5, 0.6) is 0 Å². The molecule has 1 saturated carbocycles. The predicted octanol–water partition coefficient (Wildman–Crippen LogP) is 3.27. The minimum Gasteiger partial charge on any atom is -0.354 e. The fourth-order valence-corrected chi connectivity index (χ4v) is 4.45. The van der Waals surface area contributed by atoms with Gasteiger partial charge in [-0.3, -0.25) is 4.99 Å². The highest BCUT2D eigenvalue weighted by molar-refractivity contribution is 7.99. The molecule has 0 radical (unpaired) electrons.